The Morgan fingerprint density at radius 1 is 1.53 bits per heavy atom. The van der Waals surface area contributed by atoms with E-state index in [1.807, 2.05) is 24.3 Å². The van der Waals surface area contributed by atoms with E-state index in [-0.39, 0.29) is 5.92 Å². The summed E-state index contributed by atoms with van der Waals surface area (Å²) in [5, 5.41) is 8.20. The molecule has 1 aliphatic carbocycles. The van der Waals surface area contributed by atoms with Gasteiger partial charge in [0.2, 0.25) is 0 Å². The van der Waals surface area contributed by atoms with Crippen molar-refractivity contribution in [3.05, 3.63) is 48.0 Å². The Kier molecular flexibility index (Phi) is 4.43. The van der Waals surface area contributed by atoms with E-state index in [9.17, 15) is 4.79 Å². The van der Waals surface area contributed by atoms with Gasteiger partial charge >= 0.3 is 5.97 Å². The van der Waals surface area contributed by atoms with Gasteiger partial charge in [0.05, 0.1) is 5.71 Å². The van der Waals surface area contributed by atoms with Crippen LogP contribution in [0.1, 0.15) is 30.1 Å². The van der Waals surface area contributed by atoms with Crippen LogP contribution in [0.25, 0.3) is 0 Å². The summed E-state index contributed by atoms with van der Waals surface area (Å²) < 4.78 is 5.38. The molecule has 19 heavy (non-hydrogen) atoms. The fourth-order valence-corrected chi connectivity index (χ4v) is 2.29. The van der Waals surface area contributed by atoms with Crippen LogP contribution in [-0.2, 0) is 15.3 Å². The number of hydrogen-bond donors (Lipinski definition) is 2. The molecule has 0 saturated heterocycles. The summed E-state index contributed by atoms with van der Waals surface area (Å²) >= 11 is 4.29. The van der Waals surface area contributed by atoms with Gasteiger partial charge in [-0.25, -0.2) is 4.79 Å². The molecule has 1 fully saturated rings. The summed E-state index contributed by atoms with van der Waals surface area (Å²) in [6.07, 6.45) is 2.53. The van der Waals surface area contributed by atoms with Gasteiger partial charge in [0.25, 0.3) is 0 Å². The lowest BCUT2D eigenvalue weighted by atomic mass is 9.97. The molecule has 100 valence electrons. The first-order valence-corrected chi connectivity index (χ1v) is 6.90. The minimum Gasteiger partial charge on any atom is -0.448 e. The number of rotatable bonds is 6. The molecule has 0 amide bonds. The molecule has 0 bridgehead atoms. The maximum Gasteiger partial charge on any atom is 0.331 e. The van der Waals surface area contributed by atoms with Crippen LogP contribution < -0.4 is 0 Å². The maximum absolute atomic E-state index is 11.5. The number of esters is 1. The molecule has 1 aliphatic rings. The molecule has 1 aromatic rings. The first-order valence-electron chi connectivity index (χ1n) is 6.27. The summed E-state index contributed by atoms with van der Waals surface area (Å²) in [5.41, 5.74) is 2.31. The average molecular weight is 275 g/mol. The first kappa shape index (κ1) is 13.9. The van der Waals surface area contributed by atoms with Crippen LogP contribution in [0.15, 0.2) is 36.9 Å². The maximum atomic E-state index is 11.5. The second-order valence-electron chi connectivity index (χ2n) is 4.61. The van der Waals surface area contributed by atoms with Gasteiger partial charge in [0, 0.05) is 23.3 Å². The van der Waals surface area contributed by atoms with Crippen molar-refractivity contribution < 1.29 is 9.53 Å². The van der Waals surface area contributed by atoms with Crippen molar-refractivity contribution in [1.82, 2.24) is 0 Å². The van der Waals surface area contributed by atoms with Gasteiger partial charge in [-0.2, -0.15) is 12.6 Å². The lowest BCUT2D eigenvalue weighted by molar-refractivity contribution is -0.140. The zero-order valence-corrected chi connectivity index (χ0v) is 11.5. The molecular weight excluding hydrogens is 258 g/mol. The molecule has 1 aromatic carbocycles. The lowest BCUT2D eigenvalue weighted by Crippen LogP contribution is -2.21. The van der Waals surface area contributed by atoms with Crippen molar-refractivity contribution >= 4 is 24.3 Å². The van der Waals surface area contributed by atoms with Crippen molar-refractivity contribution in [2.24, 2.45) is 5.92 Å². The van der Waals surface area contributed by atoms with Crippen molar-refractivity contribution in [2.45, 2.75) is 24.7 Å². The average Bonchev–Trinajstić information content (AvgIpc) is 3.28. The van der Waals surface area contributed by atoms with Gasteiger partial charge in [-0.3, -0.25) is 0 Å². The van der Waals surface area contributed by atoms with E-state index in [4.69, 9.17) is 10.1 Å². The van der Waals surface area contributed by atoms with E-state index in [1.165, 1.54) is 0 Å². The van der Waals surface area contributed by atoms with Crippen LogP contribution in [0, 0.1) is 11.3 Å². The number of benzene rings is 1. The number of nitrogens with one attached hydrogen (secondary N) is 1. The zero-order valence-electron chi connectivity index (χ0n) is 10.6. The zero-order chi connectivity index (χ0) is 13.8. The van der Waals surface area contributed by atoms with Gasteiger partial charge in [-0.05, 0) is 18.4 Å². The summed E-state index contributed by atoms with van der Waals surface area (Å²) in [5.74, 6) is 0.302. The van der Waals surface area contributed by atoms with Gasteiger partial charge in [0.15, 0.2) is 6.10 Å². The highest BCUT2D eigenvalue weighted by molar-refractivity contribution is 7.79. The number of thiol groups is 1. The Balaban J connectivity index is 2.32. The third kappa shape index (κ3) is 3.26. The van der Waals surface area contributed by atoms with E-state index < -0.39 is 12.1 Å². The van der Waals surface area contributed by atoms with Gasteiger partial charge in [-0.15, -0.1) is 0 Å². The number of ether oxygens (including phenoxy) is 1. The van der Waals surface area contributed by atoms with Crippen molar-refractivity contribution in [3.8, 4) is 0 Å². The van der Waals surface area contributed by atoms with Gasteiger partial charge < -0.3 is 10.1 Å². The largest absolute Gasteiger partial charge is 0.448 e. The van der Waals surface area contributed by atoms with Crippen molar-refractivity contribution in [2.75, 3.05) is 0 Å². The van der Waals surface area contributed by atoms with E-state index in [0.29, 0.717) is 11.5 Å². The predicted octanol–water partition coefficient (Wildman–Crippen LogP) is 3.32. The SMILES string of the molecule is C=CC(=O)OC(C(=N)C1CC1)c1ccccc1CS. The molecule has 0 spiro atoms. The van der Waals surface area contributed by atoms with E-state index in [2.05, 4.69) is 19.2 Å². The molecular formula is C15H17NO2S. The fourth-order valence-electron chi connectivity index (χ4n) is 2.00. The molecule has 0 aromatic heterocycles. The molecule has 1 unspecified atom stereocenters. The molecule has 0 aliphatic heterocycles. The summed E-state index contributed by atoms with van der Waals surface area (Å²) in [6.45, 7) is 3.41. The molecule has 4 heteroatoms. The minimum absolute atomic E-state index is 0.246. The third-order valence-electron chi connectivity index (χ3n) is 3.21. The molecule has 2 rings (SSSR count). The van der Waals surface area contributed by atoms with Crippen LogP contribution in [0.5, 0.6) is 0 Å². The lowest BCUT2D eigenvalue weighted by Gasteiger charge is -2.20. The third-order valence-corrected chi connectivity index (χ3v) is 3.55. The van der Waals surface area contributed by atoms with E-state index >= 15 is 0 Å². The highest BCUT2D eigenvalue weighted by atomic mass is 32.1. The fraction of sp³-hybridized carbons (Fsp3) is 0.333. The molecule has 3 nitrogen and oxygen atoms in total. The molecule has 1 saturated carbocycles. The predicted molar refractivity (Wildman–Crippen MR) is 78.6 cm³/mol. The first-order chi connectivity index (χ1) is 9.17. The minimum atomic E-state index is -0.610. The quantitative estimate of drug-likeness (QED) is 0.362. The standard InChI is InChI=1S/C15H17NO2S/c1-2-13(17)18-15(14(16)10-7-8-10)12-6-4-3-5-11(12)9-19/h2-6,10,15-16,19H,1,7-9H2. The van der Waals surface area contributed by atoms with Crippen molar-refractivity contribution in [1.29, 1.82) is 5.41 Å². The second-order valence-corrected chi connectivity index (χ2v) is 4.92. The van der Waals surface area contributed by atoms with Crippen LogP contribution in [0.3, 0.4) is 0 Å². The molecule has 1 N–H and O–H groups in total. The van der Waals surface area contributed by atoms with E-state index in [0.717, 1.165) is 30.0 Å². The highest BCUT2D eigenvalue weighted by Crippen LogP contribution is 2.37. The topological polar surface area (TPSA) is 50.2 Å². The molecule has 0 radical (unpaired) electrons. The Morgan fingerprint density at radius 3 is 2.79 bits per heavy atom. The monoisotopic (exact) mass is 275 g/mol. The Hall–Kier alpha value is -1.55. The van der Waals surface area contributed by atoms with Crippen LogP contribution in [0.4, 0.5) is 0 Å². The number of carbonyl (C=O) groups excluding carboxylic acids is 1. The normalized spacial score (nSPS) is 15.6. The summed E-state index contributed by atoms with van der Waals surface area (Å²) in [4.78, 5) is 11.5. The molecule has 0 heterocycles. The summed E-state index contributed by atoms with van der Waals surface area (Å²) in [6, 6.07) is 7.64. The second kappa shape index (κ2) is 6.06. The smallest absolute Gasteiger partial charge is 0.331 e. The highest BCUT2D eigenvalue weighted by Gasteiger charge is 2.34. The number of carbonyl (C=O) groups is 1. The summed E-state index contributed by atoms with van der Waals surface area (Å²) in [7, 11) is 0. The molecule has 1 atom stereocenters. The Morgan fingerprint density at radius 2 is 2.21 bits per heavy atom. The van der Waals surface area contributed by atoms with Crippen molar-refractivity contribution in [3.63, 3.8) is 0 Å². The van der Waals surface area contributed by atoms with Gasteiger partial charge in [-0.1, -0.05) is 30.8 Å². The van der Waals surface area contributed by atoms with Gasteiger partial charge in [0.1, 0.15) is 0 Å². The van der Waals surface area contributed by atoms with Crippen LogP contribution in [-0.4, -0.2) is 11.7 Å². The van der Waals surface area contributed by atoms with E-state index in [1.54, 1.807) is 0 Å². The Bertz CT molecular complexity index is 509. The Labute approximate surface area is 118 Å². The van der Waals surface area contributed by atoms with Crippen LogP contribution in [0.2, 0.25) is 0 Å². The van der Waals surface area contributed by atoms with Crippen LogP contribution >= 0.6 is 12.6 Å². The number of hydrogen-bond acceptors (Lipinski definition) is 4.